The fourth-order valence-corrected chi connectivity index (χ4v) is 3.27. The third kappa shape index (κ3) is 1.82. The molecule has 2 rings (SSSR count). The summed E-state index contributed by atoms with van der Waals surface area (Å²) in [7, 11) is 0. The van der Waals surface area contributed by atoms with E-state index in [-0.39, 0.29) is 5.60 Å². The van der Waals surface area contributed by atoms with Crippen LogP contribution < -0.4 is 5.32 Å². The van der Waals surface area contributed by atoms with E-state index in [1.165, 1.54) is 32.4 Å². The normalized spacial score (nSPS) is 42.6. The summed E-state index contributed by atoms with van der Waals surface area (Å²) in [6.45, 7) is 10.2. The van der Waals surface area contributed by atoms with E-state index in [0.29, 0.717) is 5.41 Å². The number of ether oxygens (including phenoxy) is 1. The van der Waals surface area contributed by atoms with E-state index >= 15 is 0 Å². The Morgan fingerprint density at radius 2 is 2.07 bits per heavy atom. The smallest absolute Gasteiger partial charge is 0.0631 e. The number of rotatable bonds is 0. The second kappa shape index (κ2) is 3.49. The van der Waals surface area contributed by atoms with Gasteiger partial charge in [0.15, 0.2) is 0 Å². The first-order valence-corrected chi connectivity index (χ1v) is 5.89. The van der Waals surface area contributed by atoms with E-state index in [4.69, 9.17) is 4.74 Å². The molecule has 2 nitrogen and oxygen atoms in total. The molecule has 0 aliphatic carbocycles. The Morgan fingerprint density at radius 1 is 1.29 bits per heavy atom. The van der Waals surface area contributed by atoms with Crippen LogP contribution in [-0.4, -0.2) is 25.3 Å². The van der Waals surface area contributed by atoms with E-state index in [1.54, 1.807) is 0 Å². The van der Waals surface area contributed by atoms with E-state index in [1.807, 2.05) is 0 Å². The number of piperidine rings is 1. The molecule has 0 saturated carbocycles. The van der Waals surface area contributed by atoms with Crippen LogP contribution in [0.4, 0.5) is 0 Å². The highest BCUT2D eigenvalue weighted by molar-refractivity contribution is 4.96. The second-order valence-electron chi connectivity index (χ2n) is 5.75. The number of nitrogens with one attached hydrogen (secondary N) is 1. The van der Waals surface area contributed by atoms with Crippen LogP contribution in [0.3, 0.4) is 0 Å². The van der Waals surface area contributed by atoms with Crippen molar-refractivity contribution >= 4 is 0 Å². The van der Waals surface area contributed by atoms with Crippen LogP contribution in [0.1, 0.15) is 40.0 Å². The van der Waals surface area contributed by atoms with Gasteiger partial charge in [-0.1, -0.05) is 6.92 Å². The first-order valence-electron chi connectivity index (χ1n) is 5.89. The third-order valence-corrected chi connectivity index (χ3v) is 4.17. The fourth-order valence-electron chi connectivity index (χ4n) is 3.27. The number of hydrogen-bond donors (Lipinski definition) is 1. The van der Waals surface area contributed by atoms with Crippen molar-refractivity contribution in [1.82, 2.24) is 5.32 Å². The molecule has 2 fully saturated rings. The van der Waals surface area contributed by atoms with E-state index in [9.17, 15) is 0 Å². The Balaban J connectivity index is 2.13. The molecule has 2 saturated heterocycles. The van der Waals surface area contributed by atoms with Gasteiger partial charge in [-0.2, -0.15) is 0 Å². The summed E-state index contributed by atoms with van der Waals surface area (Å²) in [5.41, 5.74) is 0.664. The molecule has 2 heterocycles. The summed E-state index contributed by atoms with van der Waals surface area (Å²) in [6, 6.07) is 0. The summed E-state index contributed by atoms with van der Waals surface area (Å²) in [4.78, 5) is 0. The van der Waals surface area contributed by atoms with Crippen LogP contribution in [0.25, 0.3) is 0 Å². The molecular formula is C12H23NO. The summed E-state index contributed by atoms with van der Waals surface area (Å²) in [5.74, 6) is 0.805. The van der Waals surface area contributed by atoms with Gasteiger partial charge in [0, 0.05) is 6.61 Å². The van der Waals surface area contributed by atoms with Crippen LogP contribution in [0, 0.1) is 11.3 Å². The minimum atomic E-state index is 0.101. The van der Waals surface area contributed by atoms with Crippen LogP contribution in [0.15, 0.2) is 0 Å². The average molecular weight is 197 g/mol. The lowest BCUT2D eigenvalue weighted by Crippen LogP contribution is -2.51. The molecule has 1 N–H and O–H groups in total. The minimum absolute atomic E-state index is 0.101. The first kappa shape index (κ1) is 10.4. The zero-order valence-corrected chi connectivity index (χ0v) is 9.73. The molecule has 82 valence electrons. The standard InChI is InChI=1S/C12H23NO/c1-10-8-13-6-4-12(10)5-7-14-11(2,3)9-12/h10,13H,4-9H2,1-3H3. The highest BCUT2D eigenvalue weighted by Gasteiger charge is 2.45. The largest absolute Gasteiger partial charge is 0.376 e. The topological polar surface area (TPSA) is 21.3 Å². The zero-order chi connectivity index (χ0) is 10.2. The van der Waals surface area contributed by atoms with Gasteiger partial charge in [-0.15, -0.1) is 0 Å². The van der Waals surface area contributed by atoms with Crippen molar-refractivity contribution in [2.45, 2.75) is 45.6 Å². The Kier molecular flexibility index (Phi) is 2.61. The van der Waals surface area contributed by atoms with Crippen molar-refractivity contribution in [3.05, 3.63) is 0 Å². The van der Waals surface area contributed by atoms with Crippen molar-refractivity contribution in [2.75, 3.05) is 19.7 Å². The molecule has 0 radical (unpaired) electrons. The molecule has 14 heavy (non-hydrogen) atoms. The molecule has 2 atom stereocenters. The van der Waals surface area contributed by atoms with Crippen LogP contribution >= 0.6 is 0 Å². The van der Waals surface area contributed by atoms with E-state index < -0.39 is 0 Å². The maximum atomic E-state index is 5.82. The molecule has 0 bridgehead atoms. The maximum Gasteiger partial charge on any atom is 0.0631 e. The summed E-state index contributed by atoms with van der Waals surface area (Å²) < 4.78 is 5.82. The molecule has 2 aliphatic heterocycles. The van der Waals surface area contributed by atoms with Crippen LogP contribution in [-0.2, 0) is 4.74 Å². The van der Waals surface area contributed by atoms with Gasteiger partial charge in [0.1, 0.15) is 0 Å². The van der Waals surface area contributed by atoms with Crippen molar-refractivity contribution in [3.63, 3.8) is 0 Å². The third-order valence-electron chi connectivity index (χ3n) is 4.17. The van der Waals surface area contributed by atoms with Gasteiger partial charge < -0.3 is 10.1 Å². The van der Waals surface area contributed by atoms with Crippen molar-refractivity contribution in [2.24, 2.45) is 11.3 Å². The number of hydrogen-bond acceptors (Lipinski definition) is 2. The van der Waals surface area contributed by atoms with Gasteiger partial charge in [-0.3, -0.25) is 0 Å². The van der Waals surface area contributed by atoms with Crippen molar-refractivity contribution < 1.29 is 4.74 Å². The Morgan fingerprint density at radius 3 is 2.71 bits per heavy atom. The predicted molar refractivity (Wildman–Crippen MR) is 58.3 cm³/mol. The molecule has 0 aromatic heterocycles. The average Bonchev–Trinajstić information content (AvgIpc) is 2.09. The van der Waals surface area contributed by atoms with Gasteiger partial charge in [-0.25, -0.2) is 0 Å². The zero-order valence-electron chi connectivity index (χ0n) is 9.73. The van der Waals surface area contributed by atoms with E-state index in [0.717, 1.165) is 12.5 Å². The Hall–Kier alpha value is -0.0800. The highest BCUT2D eigenvalue weighted by Crippen LogP contribution is 2.47. The highest BCUT2D eigenvalue weighted by atomic mass is 16.5. The molecular weight excluding hydrogens is 174 g/mol. The van der Waals surface area contributed by atoms with Gasteiger partial charge in [-0.05, 0) is 57.5 Å². The fraction of sp³-hybridized carbons (Fsp3) is 1.00. The quantitative estimate of drug-likeness (QED) is 0.643. The molecule has 1 spiro atoms. The first-order chi connectivity index (χ1) is 6.54. The van der Waals surface area contributed by atoms with Gasteiger partial charge >= 0.3 is 0 Å². The lowest BCUT2D eigenvalue weighted by molar-refractivity contribution is -0.127. The molecule has 0 amide bonds. The lowest BCUT2D eigenvalue weighted by atomic mass is 9.63. The molecule has 2 heteroatoms. The summed E-state index contributed by atoms with van der Waals surface area (Å²) >= 11 is 0. The monoisotopic (exact) mass is 197 g/mol. The molecule has 0 aromatic carbocycles. The second-order valence-corrected chi connectivity index (χ2v) is 5.75. The SMILES string of the molecule is CC1CNCCC12CCOC(C)(C)C2. The van der Waals surface area contributed by atoms with Crippen molar-refractivity contribution in [3.8, 4) is 0 Å². The van der Waals surface area contributed by atoms with Gasteiger partial charge in [0.2, 0.25) is 0 Å². The Bertz CT molecular complexity index is 210. The van der Waals surface area contributed by atoms with Gasteiger partial charge in [0.05, 0.1) is 5.60 Å². The van der Waals surface area contributed by atoms with Crippen LogP contribution in [0.5, 0.6) is 0 Å². The molecule has 0 aromatic rings. The van der Waals surface area contributed by atoms with Crippen LogP contribution in [0.2, 0.25) is 0 Å². The predicted octanol–water partition coefficient (Wildman–Crippen LogP) is 2.19. The van der Waals surface area contributed by atoms with E-state index in [2.05, 4.69) is 26.1 Å². The molecule has 2 unspecified atom stereocenters. The van der Waals surface area contributed by atoms with Gasteiger partial charge in [0.25, 0.3) is 0 Å². The molecule has 2 aliphatic rings. The summed E-state index contributed by atoms with van der Waals surface area (Å²) in [6.07, 6.45) is 3.84. The minimum Gasteiger partial charge on any atom is -0.376 e. The lowest BCUT2D eigenvalue weighted by Gasteiger charge is -2.50. The maximum absolute atomic E-state index is 5.82. The summed E-state index contributed by atoms with van der Waals surface area (Å²) in [5, 5.41) is 3.49. The van der Waals surface area contributed by atoms with Crippen molar-refractivity contribution in [1.29, 1.82) is 0 Å². The Labute approximate surface area is 87.4 Å².